The molecule has 3 heteroatoms. The van der Waals surface area contributed by atoms with Gasteiger partial charge in [-0.3, -0.25) is 9.59 Å². The van der Waals surface area contributed by atoms with Gasteiger partial charge in [0.2, 0.25) is 0 Å². The van der Waals surface area contributed by atoms with Crippen LogP contribution in [-0.4, -0.2) is 11.8 Å². The predicted octanol–water partition coefficient (Wildman–Crippen LogP) is 3.63. The summed E-state index contributed by atoms with van der Waals surface area (Å²) in [5, 5.41) is 0. The molecule has 0 bridgehead atoms. The third-order valence-corrected chi connectivity index (χ3v) is 3.63. The zero-order valence-electron chi connectivity index (χ0n) is 12.2. The Hall–Kier alpha value is -1.90. The Kier molecular flexibility index (Phi) is 4.72. The van der Waals surface area contributed by atoms with Crippen LogP contribution in [0.5, 0.6) is 0 Å². The van der Waals surface area contributed by atoms with E-state index in [1.165, 1.54) is 30.2 Å². The number of hydrogen-bond donors (Lipinski definition) is 0. The van der Waals surface area contributed by atoms with Gasteiger partial charge in [-0.05, 0) is 31.4 Å². The molecule has 0 spiro atoms. The van der Waals surface area contributed by atoms with Crippen molar-refractivity contribution >= 4 is 17.5 Å². The number of benzene rings is 1. The van der Waals surface area contributed by atoms with Crippen molar-refractivity contribution in [3.63, 3.8) is 0 Å². The van der Waals surface area contributed by atoms with Gasteiger partial charge in [-0.25, -0.2) is 4.90 Å². The number of rotatable bonds is 6. The van der Waals surface area contributed by atoms with Crippen LogP contribution >= 0.6 is 0 Å². The van der Waals surface area contributed by atoms with E-state index in [1.54, 1.807) is 6.92 Å². The van der Waals surface area contributed by atoms with Crippen LogP contribution < -0.4 is 4.90 Å². The summed E-state index contributed by atoms with van der Waals surface area (Å²) in [7, 11) is 0. The molecule has 1 aliphatic rings. The molecule has 0 unspecified atom stereocenters. The molecular formula is C17H21NO2. The molecule has 1 aromatic carbocycles. The number of para-hydroxylation sites is 1. The first-order chi connectivity index (χ1) is 9.65. The predicted molar refractivity (Wildman–Crippen MR) is 80.5 cm³/mol. The number of anilines is 1. The van der Waals surface area contributed by atoms with E-state index >= 15 is 0 Å². The van der Waals surface area contributed by atoms with E-state index in [1.807, 2.05) is 24.3 Å². The summed E-state index contributed by atoms with van der Waals surface area (Å²) in [5.41, 5.74) is 2.33. The van der Waals surface area contributed by atoms with Gasteiger partial charge in [0.15, 0.2) is 0 Å². The minimum Gasteiger partial charge on any atom is -0.269 e. The topological polar surface area (TPSA) is 37.4 Å². The highest BCUT2D eigenvalue weighted by Gasteiger charge is 2.30. The molecule has 0 radical (unpaired) electrons. The largest absolute Gasteiger partial charge is 0.269 e. The van der Waals surface area contributed by atoms with Gasteiger partial charge in [0, 0.05) is 11.6 Å². The van der Waals surface area contributed by atoms with Gasteiger partial charge in [0.25, 0.3) is 11.8 Å². The normalized spacial score (nSPS) is 14.9. The minimum atomic E-state index is -0.228. The van der Waals surface area contributed by atoms with Gasteiger partial charge in [-0.15, -0.1) is 0 Å². The molecule has 0 saturated heterocycles. The van der Waals surface area contributed by atoms with Crippen molar-refractivity contribution < 1.29 is 9.59 Å². The number of carbonyl (C=O) groups excluding carboxylic acids is 2. The molecule has 2 amide bonds. The summed E-state index contributed by atoms with van der Waals surface area (Å²) >= 11 is 0. The Balaban J connectivity index is 2.16. The fraction of sp³-hybridized carbons (Fsp3) is 0.412. The SMILES string of the molecule is CCCCCCc1ccccc1N1C(=O)C=C(C)C1=O. The quantitative estimate of drug-likeness (QED) is 0.585. The van der Waals surface area contributed by atoms with E-state index in [2.05, 4.69) is 6.92 Å². The van der Waals surface area contributed by atoms with E-state index in [0.29, 0.717) is 5.57 Å². The molecule has 2 rings (SSSR count). The van der Waals surface area contributed by atoms with Crippen molar-refractivity contribution in [3.8, 4) is 0 Å². The maximum absolute atomic E-state index is 12.1. The van der Waals surface area contributed by atoms with E-state index in [4.69, 9.17) is 0 Å². The van der Waals surface area contributed by atoms with Crippen LogP contribution in [-0.2, 0) is 16.0 Å². The van der Waals surface area contributed by atoms with E-state index in [9.17, 15) is 9.59 Å². The lowest BCUT2D eigenvalue weighted by atomic mass is 10.0. The van der Waals surface area contributed by atoms with Crippen molar-refractivity contribution in [1.82, 2.24) is 0 Å². The lowest BCUT2D eigenvalue weighted by molar-refractivity contribution is -0.120. The summed E-state index contributed by atoms with van der Waals surface area (Å²) < 4.78 is 0. The summed E-state index contributed by atoms with van der Waals surface area (Å²) in [5.74, 6) is -0.426. The number of amides is 2. The number of nitrogens with zero attached hydrogens (tertiary/aromatic N) is 1. The molecule has 3 nitrogen and oxygen atoms in total. The van der Waals surface area contributed by atoms with Crippen LogP contribution in [0, 0.1) is 0 Å². The molecule has 106 valence electrons. The van der Waals surface area contributed by atoms with Crippen molar-refractivity contribution in [1.29, 1.82) is 0 Å². The molecule has 20 heavy (non-hydrogen) atoms. The van der Waals surface area contributed by atoms with Crippen LogP contribution in [0.25, 0.3) is 0 Å². The molecule has 0 saturated carbocycles. The smallest absolute Gasteiger partial charge is 0.261 e. The van der Waals surface area contributed by atoms with Crippen molar-refractivity contribution in [2.24, 2.45) is 0 Å². The lowest BCUT2D eigenvalue weighted by Crippen LogP contribution is -2.31. The highest BCUT2D eigenvalue weighted by Crippen LogP contribution is 2.27. The first-order valence-corrected chi connectivity index (χ1v) is 7.29. The summed E-state index contributed by atoms with van der Waals surface area (Å²) in [6, 6.07) is 7.70. The highest BCUT2D eigenvalue weighted by molar-refractivity contribution is 6.30. The van der Waals surface area contributed by atoms with Crippen LogP contribution in [0.4, 0.5) is 5.69 Å². The lowest BCUT2D eigenvalue weighted by Gasteiger charge is -2.18. The first-order valence-electron chi connectivity index (χ1n) is 7.29. The molecular weight excluding hydrogens is 250 g/mol. The second kappa shape index (κ2) is 6.51. The van der Waals surface area contributed by atoms with Crippen LogP contribution in [0.3, 0.4) is 0 Å². The minimum absolute atomic E-state index is 0.198. The second-order valence-corrected chi connectivity index (χ2v) is 5.25. The van der Waals surface area contributed by atoms with Crippen LogP contribution in [0.2, 0.25) is 0 Å². The molecule has 1 aliphatic heterocycles. The third-order valence-electron chi connectivity index (χ3n) is 3.63. The summed E-state index contributed by atoms with van der Waals surface area (Å²) in [6.45, 7) is 3.87. The fourth-order valence-electron chi connectivity index (χ4n) is 2.50. The number of carbonyl (C=O) groups is 2. The molecule has 0 aromatic heterocycles. The van der Waals surface area contributed by atoms with Crippen molar-refractivity contribution in [2.75, 3.05) is 4.90 Å². The van der Waals surface area contributed by atoms with E-state index in [0.717, 1.165) is 24.1 Å². The molecule has 1 heterocycles. The number of imide groups is 1. The van der Waals surface area contributed by atoms with Crippen LogP contribution in [0.15, 0.2) is 35.9 Å². The molecule has 0 fully saturated rings. The Morgan fingerprint density at radius 1 is 1.05 bits per heavy atom. The molecule has 0 atom stereocenters. The Morgan fingerprint density at radius 3 is 2.45 bits per heavy atom. The number of aryl methyl sites for hydroxylation is 1. The van der Waals surface area contributed by atoms with Gasteiger partial charge < -0.3 is 0 Å². The Bertz CT molecular complexity index is 546. The summed E-state index contributed by atoms with van der Waals surface area (Å²) in [4.78, 5) is 25.3. The zero-order valence-corrected chi connectivity index (χ0v) is 12.2. The molecule has 0 aliphatic carbocycles. The van der Waals surface area contributed by atoms with Crippen molar-refractivity contribution in [3.05, 3.63) is 41.5 Å². The average Bonchev–Trinajstić information content (AvgIpc) is 2.69. The standard InChI is InChI=1S/C17H21NO2/c1-3-4-5-6-9-14-10-7-8-11-15(14)18-16(19)12-13(2)17(18)20/h7-8,10-12H,3-6,9H2,1-2H3. The Labute approximate surface area is 120 Å². The monoisotopic (exact) mass is 271 g/mol. The first kappa shape index (κ1) is 14.5. The number of hydrogen-bond acceptors (Lipinski definition) is 2. The van der Waals surface area contributed by atoms with E-state index < -0.39 is 0 Å². The number of unbranched alkanes of at least 4 members (excludes halogenated alkanes) is 3. The van der Waals surface area contributed by atoms with Gasteiger partial charge in [-0.2, -0.15) is 0 Å². The third kappa shape index (κ3) is 2.98. The van der Waals surface area contributed by atoms with Gasteiger partial charge >= 0.3 is 0 Å². The maximum atomic E-state index is 12.1. The van der Waals surface area contributed by atoms with Crippen LogP contribution in [0.1, 0.15) is 45.1 Å². The average molecular weight is 271 g/mol. The summed E-state index contributed by atoms with van der Waals surface area (Å²) in [6.07, 6.45) is 7.03. The van der Waals surface area contributed by atoms with Crippen molar-refractivity contribution in [2.45, 2.75) is 46.0 Å². The maximum Gasteiger partial charge on any atom is 0.261 e. The van der Waals surface area contributed by atoms with Gasteiger partial charge in [0.1, 0.15) is 0 Å². The Morgan fingerprint density at radius 2 is 1.80 bits per heavy atom. The molecule has 1 aromatic rings. The molecule has 0 N–H and O–H groups in total. The zero-order chi connectivity index (χ0) is 14.5. The van der Waals surface area contributed by atoms with Gasteiger partial charge in [-0.1, -0.05) is 44.4 Å². The highest BCUT2D eigenvalue weighted by atomic mass is 16.2. The van der Waals surface area contributed by atoms with Gasteiger partial charge in [0.05, 0.1) is 5.69 Å². The second-order valence-electron chi connectivity index (χ2n) is 5.25. The fourth-order valence-corrected chi connectivity index (χ4v) is 2.50. The van der Waals surface area contributed by atoms with E-state index in [-0.39, 0.29) is 11.8 Å².